The lowest BCUT2D eigenvalue weighted by Gasteiger charge is -2.23. The highest BCUT2D eigenvalue weighted by Gasteiger charge is 2.29. The molecule has 8 heteroatoms. The Morgan fingerprint density at radius 2 is 1.72 bits per heavy atom. The molecule has 1 saturated heterocycles. The zero-order valence-corrected chi connectivity index (χ0v) is 20.5. The Labute approximate surface area is 210 Å². The summed E-state index contributed by atoms with van der Waals surface area (Å²) in [5, 5.41) is 4.46. The number of nitrogens with one attached hydrogen (secondary N) is 1. The Morgan fingerprint density at radius 3 is 2.64 bits per heavy atom. The fourth-order valence-electron chi connectivity index (χ4n) is 5.22. The number of hydrogen-bond donors (Lipinski definition) is 1. The van der Waals surface area contributed by atoms with Crippen molar-refractivity contribution in [1.29, 1.82) is 0 Å². The molecule has 6 rings (SSSR count). The lowest BCUT2D eigenvalue weighted by atomic mass is 10.1. The fourth-order valence-corrected chi connectivity index (χ4v) is 6.90. The van der Waals surface area contributed by atoms with E-state index in [1.165, 1.54) is 26.6 Å². The van der Waals surface area contributed by atoms with Gasteiger partial charge in [-0.25, -0.2) is 13.2 Å². The van der Waals surface area contributed by atoms with Gasteiger partial charge < -0.3 is 10.2 Å². The third kappa shape index (κ3) is 4.02. The molecule has 1 aromatic heterocycles. The third-order valence-electron chi connectivity index (χ3n) is 7.05. The monoisotopic (exact) mass is 498 g/mol. The standard InChI is InChI=1S/C28H26N4O3S/c33-28(30-23-9-10-25-22(18-23)17-20-5-1-2-7-24(20)25)31-13-4-14-32(16-15-31)36(34,35)27-8-3-6-21-19-29-12-11-26(21)27/h1-3,5-12,18-19H,4,13-17H2,(H,30,33). The molecule has 1 N–H and O–H groups in total. The molecule has 0 spiro atoms. The van der Waals surface area contributed by atoms with Crippen molar-refractivity contribution >= 4 is 32.5 Å². The van der Waals surface area contributed by atoms with Gasteiger partial charge in [0.05, 0.1) is 4.90 Å². The van der Waals surface area contributed by atoms with Crippen molar-refractivity contribution in [2.24, 2.45) is 0 Å². The van der Waals surface area contributed by atoms with Crippen molar-refractivity contribution in [1.82, 2.24) is 14.2 Å². The zero-order chi connectivity index (χ0) is 24.7. The Kier molecular flexibility index (Phi) is 5.70. The maximum absolute atomic E-state index is 13.5. The van der Waals surface area contributed by atoms with E-state index in [9.17, 15) is 13.2 Å². The number of nitrogens with zero attached hydrogens (tertiary/aromatic N) is 3. The molecule has 0 atom stereocenters. The van der Waals surface area contributed by atoms with Crippen LogP contribution in [-0.4, -0.2) is 54.8 Å². The van der Waals surface area contributed by atoms with E-state index >= 15 is 0 Å². The van der Waals surface area contributed by atoms with Gasteiger partial charge in [0, 0.05) is 55.0 Å². The molecule has 7 nitrogen and oxygen atoms in total. The molecule has 2 aliphatic rings. The van der Waals surface area contributed by atoms with Crippen LogP contribution < -0.4 is 5.32 Å². The lowest BCUT2D eigenvalue weighted by Crippen LogP contribution is -2.39. The largest absolute Gasteiger partial charge is 0.323 e. The molecule has 4 aromatic rings. The Morgan fingerprint density at radius 1 is 0.861 bits per heavy atom. The summed E-state index contributed by atoms with van der Waals surface area (Å²) >= 11 is 0. The van der Waals surface area contributed by atoms with E-state index in [0.29, 0.717) is 31.4 Å². The van der Waals surface area contributed by atoms with Crippen LogP contribution in [0.2, 0.25) is 0 Å². The van der Waals surface area contributed by atoms with E-state index in [2.05, 4.69) is 28.5 Å². The van der Waals surface area contributed by atoms with Gasteiger partial charge in [0.15, 0.2) is 0 Å². The molecule has 1 fully saturated rings. The molecular weight excluding hydrogens is 472 g/mol. The maximum Gasteiger partial charge on any atom is 0.321 e. The number of carbonyl (C=O) groups is 1. The Hall–Kier alpha value is -3.75. The van der Waals surface area contributed by atoms with Gasteiger partial charge in [0.2, 0.25) is 10.0 Å². The first-order valence-corrected chi connectivity index (χ1v) is 13.5. The summed E-state index contributed by atoms with van der Waals surface area (Å²) in [6.07, 6.45) is 4.70. The minimum Gasteiger partial charge on any atom is -0.323 e. The van der Waals surface area contributed by atoms with Crippen LogP contribution in [0, 0.1) is 0 Å². The summed E-state index contributed by atoms with van der Waals surface area (Å²) in [4.78, 5) is 19.2. The van der Waals surface area contributed by atoms with Crippen molar-refractivity contribution in [3.8, 4) is 11.1 Å². The molecule has 0 saturated carbocycles. The molecule has 3 aromatic carbocycles. The number of anilines is 1. The van der Waals surface area contributed by atoms with Crippen LogP contribution in [0.25, 0.3) is 21.9 Å². The van der Waals surface area contributed by atoms with Crippen LogP contribution in [0.4, 0.5) is 10.5 Å². The topological polar surface area (TPSA) is 82.6 Å². The highest BCUT2D eigenvalue weighted by atomic mass is 32.2. The number of amides is 2. The van der Waals surface area contributed by atoms with Crippen LogP contribution in [0.15, 0.2) is 84.0 Å². The average molecular weight is 499 g/mol. The second kappa shape index (κ2) is 9.04. The molecule has 0 radical (unpaired) electrons. The van der Waals surface area contributed by atoms with Crippen LogP contribution in [-0.2, 0) is 16.4 Å². The minimum atomic E-state index is -3.71. The molecule has 2 amide bonds. The average Bonchev–Trinajstić information content (AvgIpc) is 3.06. The number of aromatic nitrogens is 1. The summed E-state index contributed by atoms with van der Waals surface area (Å²) in [7, 11) is -3.71. The number of sulfonamides is 1. The molecule has 1 aliphatic heterocycles. The van der Waals surface area contributed by atoms with E-state index in [1.54, 1.807) is 35.5 Å². The van der Waals surface area contributed by atoms with E-state index < -0.39 is 10.0 Å². The number of carbonyl (C=O) groups excluding carboxylic acids is 1. The fraction of sp³-hybridized carbons (Fsp3) is 0.214. The molecule has 36 heavy (non-hydrogen) atoms. The van der Waals surface area contributed by atoms with Gasteiger partial charge in [-0.15, -0.1) is 0 Å². The number of hydrogen-bond acceptors (Lipinski definition) is 4. The predicted octanol–water partition coefficient (Wildman–Crippen LogP) is 4.73. The van der Waals surface area contributed by atoms with Crippen molar-refractivity contribution in [2.75, 3.05) is 31.5 Å². The summed E-state index contributed by atoms with van der Waals surface area (Å²) in [6.45, 7) is 1.43. The lowest BCUT2D eigenvalue weighted by molar-refractivity contribution is 0.214. The van der Waals surface area contributed by atoms with Gasteiger partial charge in [-0.05, 0) is 59.4 Å². The highest BCUT2D eigenvalue weighted by molar-refractivity contribution is 7.89. The summed E-state index contributed by atoms with van der Waals surface area (Å²) in [5.74, 6) is 0. The van der Waals surface area contributed by atoms with Gasteiger partial charge in [-0.2, -0.15) is 4.31 Å². The quantitative estimate of drug-likeness (QED) is 0.390. The Balaban J connectivity index is 1.15. The minimum absolute atomic E-state index is 0.207. The van der Waals surface area contributed by atoms with Crippen molar-refractivity contribution < 1.29 is 13.2 Å². The zero-order valence-electron chi connectivity index (χ0n) is 19.7. The molecule has 0 unspecified atom stereocenters. The van der Waals surface area contributed by atoms with Gasteiger partial charge in [0.25, 0.3) is 0 Å². The van der Waals surface area contributed by atoms with E-state index in [0.717, 1.165) is 17.5 Å². The first-order valence-electron chi connectivity index (χ1n) is 12.1. The van der Waals surface area contributed by atoms with Crippen molar-refractivity contribution in [2.45, 2.75) is 17.7 Å². The first-order chi connectivity index (χ1) is 17.5. The summed E-state index contributed by atoms with van der Waals surface area (Å²) in [6, 6.07) is 21.2. The number of rotatable bonds is 3. The normalized spacial score (nSPS) is 15.8. The number of benzene rings is 3. The van der Waals surface area contributed by atoms with E-state index in [4.69, 9.17) is 0 Å². The first kappa shape index (κ1) is 22.7. The molecular formula is C28H26N4O3S. The maximum atomic E-state index is 13.5. The van der Waals surface area contributed by atoms with E-state index in [-0.39, 0.29) is 17.5 Å². The molecule has 0 bridgehead atoms. The Bertz CT molecular complexity index is 1580. The van der Waals surface area contributed by atoms with Gasteiger partial charge >= 0.3 is 6.03 Å². The SMILES string of the molecule is O=C(Nc1ccc2c(c1)Cc1ccccc1-2)N1CCCN(S(=O)(=O)c2cccc3cnccc23)CC1. The summed E-state index contributed by atoms with van der Waals surface area (Å²) < 4.78 is 28.5. The van der Waals surface area contributed by atoms with Crippen LogP contribution in [0.3, 0.4) is 0 Å². The highest BCUT2D eigenvalue weighted by Crippen LogP contribution is 2.37. The van der Waals surface area contributed by atoms with Crippen LogP contribution in [0.1, 0.15) is 17.5 Å². The molecule has 1 aliphatic carbocycles. The molecule has 182 valence electrons. The van der Waals surface area contributed by atoms with Crippen molar-refractivity contribution in [3.63, 3.8) is 0 Å². The van der Waals surface area contributed by atoms with Gasteiger partial charge in [-0.3, -0.25) is 4.98 Å². The van der Waals surface area contributed by atoms with Crippen LogP contribution in [0.5, 0.6) is 0 Å². The van der Waals surface area contributed by atoms with Gasteiger partial charge in [0.1, 0.15) is 0 Å². The summed E-state index contributed by atoms with van der Waals surface area (Å²) in [5.41, 5.74) is 5.72. The number of fused-ring (bicyclic) bond motifs is 4. The number of pyridine rings is 1. The third-order valence-corrected chi connectivity index (χ3v) is 9.00. The van der Waals surface area contributed by atoms with Crippen LogP contribution >= 0.6 is 0 Å². The van der Waals surface area contributed by atoms with Crippen molar-refractivity contribution in [3.05, 3.63) is 90.3 Å². The molecule has 2 heterocycles. The second-order valence-electron chi connectivity index (χ2n) is 9.23. The second-order valence-corrected chi connectivity index (χ2v) is 11.1. The van der Waals surface area contributed by atoms with E-state index in [1.807, 2.05) is 30.3 Å². The smallest absolute Gasteiger partial charge is 0.321 e. The predicted molar refractivity (Wildman–Crippen MR) is 140 cm³/mol. The number of urea groups is 1. The van der Waals surface area contributed by atoms with Gasteiger partial charge in [-0.1, -0.05) is 42.5 Å².